The molecule has 45 heavy (non-hydrogen) atoms. The van der Waals surface area contributed by atoms with Crippen molar-refractivity contribution in [1.82, 2.24) is 0 Å². The van der Waals surface area contributed by atoms with Gasteiger partial charge in [-0.15, -0.1) is 0 Å². The van der Waals surface area contributed by atoms with E-state index in [9.17, 15) is 24.9 Å². The van der Waals surface area contributed by atoms with Crippen LogP contribution >= 0.6 is 0 Å². The molecular formula is C38H56O7. The van der Waals surface area contributed by atoms with Crippen LogP contribution in [0.25, 0.3) is 0 Å². The number of hydrogen-bond acceptors (Lipinski definition) is 6. The number of aliphatic hydroxyl groups excluding tert-OH is 1. The molecule has 7 heteroatoms. The summed E-state index contributed by atoms with van der Waals surface area (Å²) in [6.45, 7) is 17.7. The number of ether oxygens (including phenoxy) is 2. The summed E-state index contributed by atoms with van der Waals surface area (Å²) in [5, 5.41) is 31.9. The molecule has 3 N–H and O–H groups in total. The van der Waals surface area contributed by atoms with Gasteiger partial charge in [0.15, 0.2) is 0 Å². The Labute approximate surface area is 269 Å². The summed E-state index contributed by atoms with van der Waals surface area (Å²) in [6, 6.07) is 6.35. The molecule has 11 atom stereocenters. The highest BCUT2D eigenvalue weighted by Crippen LogP contribution is 2.76. The summed E-state index contributed by atoms with van der Waals surface area (Å²) < 4.78 is 13.4. The van der Waals surface area contributed by atoms with E-state index in [2.05, 4.69) is 41.5 Å². The van der Waals surface area contributed by atoms with Crippen molar-refractivity contribution in [3.63, 3.8) is 0 Å². The van der Waals surface area contributed by atoms with E-state index >= 15 is 0 Å². The molecular weight excluding hydrogens is 568 g/mol. The van der Waals surface area contributed by atoms with Gasteiger partial charge in [0.2, 0.25) is 0 Å². The number of carbonyl (C=O) groups excluding carboxylic acids is 1. The fraction of sp³-hybridized carbons (Fsp3) is 0.789. The zero-order valence-electron chi connectivity index (χ0n) is 28.7. The minimum atomic E-state index is -1.14. The Kier molecular flexibility index (Phi) is 7.71. The van der Waals surface area contributed by atoms with Gasteiger partial charge >= 0.3 is 11.9 Å². The monoisotopic (exact) mass is 624 g/mol. The highest BCUT2D eigenvalue weighted by molar-refractivity contribution is 6.02. The average Bonchev–Trinajstić information content (AvgIpc) is 3.55. The van der Waals surface area contributed by atoms with Gasteiger partial charge in [0.1, 0.15) is 6.10 Å². The molecule has 0 aromatic heterocycles. The Balaban J connectivity index is 1.43. The molecule has 4 saturated carbocycles. The van der Waals surface area contributed by atoms with Gasteiger partial charge in [-0.2, -0.15) is 0 Å². The van der Waals surface area contributed by atoms with E-state index in [1.807, 2.05) is 13.8 Å². The summed E-state index contributed by atoms with van der Waals surface area (Å²) in [5.41, 5.74) is -1.71. The van der Waals surface area contributed by atoms with Crippen LogP contribution in [0.4, 0.5) is 0 Å². The van der Waals surface area contributed by atoms with E-state index in [1.165, 1.54) is 6.07 Å². The molecule has 250 valence electrons. The van der Waals surface area contributed by atoms with Crippen LogP contribution in [0, 0.1) is 45.3 Å². The van der Waals surface area contributed by atoms with Gasteiger partial charge in [0, 0.05) is 5.92 Å². The molecule has 0 unspecified atom stereocenters. The summed E-state index contributed by atoms with van der Waals surface area (Å²) in [6.07, 6.45) is 7.20. The summed E-state index contributed by atoms with van der Waals surface area (Å²) in [5.74, 6) is -0.903. The fourth-order valence-electron chi connectivity index (χ4n) is 12.2. The normalized spacial score (nSPS) is 45.7. The Hall–Kier alpha value is -1.96. The maximum absolute atomic E-state index is 14.0. The van der Waals surface area contributed by atoms with Gasteiger partial charge in [-0.3, -0.25) is 0 Å². The molecule has 0 bridgehead atoms. The molecule has 1 aromatic carbocycles. The molecule has 1 saturated heterocycles. The van der Waals surface area contributed by atoms with Gasteiger partial charge in [-0.05, 0) is 130 Å². The third-order valence-electron chi connectivity index (χ3n) is 14.9. The van der Waals surface area contributed by atoms with Crippen LogP contribution in [0.1, 0.15) is 134 Å². The topological polar surface area (TPSA) is 113 Å². The van der Waals surface area contributed by atoms with Crippen molar-refractivity contribution in [3.05, 3.63) is 35.4 Å². The average molecular weight is 625 g/mol. The van der Waals surface area contributed by atoms with E-state index in [4.69, 9.17) is 9.47 Å². The first kappa shape index (κ1) is 33.0. The first-order valence-electron chi connectivity index (χ1n) is 17.4. The SMILES string of the molecule is CC(C)(O)[C@@H]1CC[C@@](C)([C@H]2CC[C@]3(C)[C@@H]2[C@H](OC(=O)c2ccccc2C(=O)O)C[C@@H]2[C@@]4(C)CC[C@H](O)C(C)(C)[C@@H]4CC[C@]23C)O1. The molecule has 1 heterocycles. The Morgan fingerprint density at radius 2 is 1.51 bits per heavy atom. The van der Waals surface area contributed by atoms with Crippen LogP contribution in [0.15, 0.2) is 24.3 Å². The number of hydrogen-bond donors (Lipinski definition) is 3. The molecule has 5 fully saturated rings. The molecule has 0 spiro atoms. The number of carbonyl (C=O) groups is 2. The number of carboxylic acids is 1. The van der Waals surface area contributed by atoms with Crippen LogP contribution in [0.5, 0.6) is 0 Å². The summed E-state index contributed by atoms with van der Waals surface area (Å²) in [4.78, 5) is 26.1. The van der Waals surface area contributed by atoms with Crippen LogP contribution in [0.3, 0.4) is 0 Å². The molecule has 1 aliphatic heterocycles. The zero-order chi connectivity index (χ0) is 33.0. The molecule has 0 radical (unpaired) electrons. The molecule has 0 amide bonds. The van der Waals surface area contributed by atoms with Crippen molar-refractivity contribution in [2.75, 3.05) is 0 Å². The zero-order valence-corrected chi connectivity index (χ0v) is 28.7. The lowest BCUT2D eigenvalue weighted by Crippen LogP contribution is -2.67. The predicted molar refractivity (Wildman–Crippen MR) is 172 cm³/mol. The van der Waals surface area contributed by atoms with E-state index in [-0.39, 0.29) is 62.7 Å². The van der Waals surface area contributed by atoms with Crippen LogP contribution in [-0.2, 0) is 9.47 Å². The van der Waals surface area contributed by atoms with E-state index in [0.717, 1.165) is 57.8 Å². The third kappa shape index (κ3) is 4.76. The quantitative estimate of drug-likeness (QED) is 0.295. The number of aliphatic hydroxyl groups is 2. The Morgan fingerprint density at radius 1 is 0.867 bits per heavy atom. The second-order valence-corrected chi connectivity index (χ2v) is 17.7. The van der Waals surface area contributed by atoms with Crippen molar-refractivity contribution in [2.24, 2.45) is 45.3 Å². The maximum atomic E-state index is 14.0. The molecule has 1 aromatic rings. The number of aromatic carboxylic acids is 1. The lowest BCUT2D eigenvalue weighted by Gasteiger charge is -2.70. The van der Waals surface area contributed by atoms with Gasteiger partial charge in [0.25, 0.3) is 0 Å². The number of esters is 1. The van der Waals surface area contributed by atoms with Crippen LogP contribution in [0.2, 0.25) is 0 Å². The van der Waals surface area contributed by atoms with Gasteiger partial charge < -0.3 is 24.8 Å². The molecule has 6 rings (SSSR count). The fourth-order valence-corrected chi connectivity index (χ4v) is 12.2. The lowest BCUT2D eigenvalue weighted by atomic mass is 9.35. The van der Waals surface area contributed by atoms with E-state index in [0.29, 0.717) is 5.92 Å². The summed E-state index contributed by atoms with van der Waals surface area (Å²) in [7, 11) is 0. The molecule has 5 aliphatic rings. The molecule has 7 nitrogen and oxygen atoms in total. The van der Waals surface area contributed by atoms with Crippen molar-refractivity contribution in [2.45, 2.75) is 143 Å². The van der Waals surface area contributed by atoms with Crippen molar-refractivity contribution >= 4 is 11.9 Å². The second-order valence-electron chi connectivity index (χ2n) is 17.7. The Morgan fingerprint density at radius 3 is 2.13 bits per heavy atom. The van der Waals surface area contributed by atoms with Crippen LogP contribution in [-0.4, -0.2) is 56.8 Å². The smallest absolute Gasteiger partial charge is 0.339 e. The van der Waals surface area contributed by atoms with Gasteiger partial charge in [-0.25, -0.2) is 9.59 Å². The van der Waals surface area contributed by atoms with E-state index < -0.39 is 29.2 Å². The van der Waals surface area contributed by atoms with Crippen molar-refractivity contribution in [3.8, 4) is 0 Å². The van der Waals surface area contributed by atoms with Crippen molar-refractivity contribution < 1.29 is 34.4 Å². The number of rotatable bonds is 5. The standard InChI is InChI=1S/C38H56O7/c1-33(2)26-14-19-36(6)27(35(26,5)17-15-28(33)39)21-25(44-32(42)23-12-10-9-11-22(23)31(40)41)30-24(13-18-37(30,36)7)38(8)20-16-29(45-38)34(3,4)43/h9-12,24-30,39,43H,13-21H2,1-8H3,(H,40,41)/t24-,25+,26-,27+,28-,29-,30-,35-,36+,37+,38-/m0/s1. The van der Waals surface area contributed by atoms with Gasteiger partial charge in [-0.1, -0.05) is 46.8 Å². The third-order valence-corrected chi connectivity index (χ3v) is 14.9. The maximum Gasteiger partial charge on any atom is 0.339 e. The minimum absolute atomic E-state index is 0.00251. The Bertz CT molecular complexity index is 1350. The highest BCUT2D eigenvalue weighted by Gasteiger charge is 2.72. The number of fused-ring (bicyclic) bond motifs is 5. The van der Waals surface area contributed by atoms with Crippen LogP contribution < -0.4 is 0 Å². The summed E-state index contributed by atoms with van der Waals surface area (Å²) >= 11 is 0. The van der Waals surface area contributed by atoms with E-state index in [1.54, 1.807) is 18.2 Å². The minimum Gasteiger partial charge on any atom is -0.478 e. The predicted octanol–water partition coefficient (Wildman–Crippen LogP) is 7.27. The van der Waals surface area contributed by atoms with Crippen molar-refractivity contribution in [1.29, 1.82) is 0 Å². The first-order chi connectivity index (χ1) is 20.8. The van der Waals surface area contributed by atoms with Gasteiger partial charge in [0.05, 0.1) is 34.5 Å². The molecule has 4 aliphatic carbocycles. The lowest BCUT2D eigenvalue weighted by molar-refractivity contribution is -0.248. The number of carboxylic acid groups (broad SMARTS) is 1. The number of benzene rings is 1. The second kappa shape index (κ2) is 10.5. The largest absolute Gasteiger partial charge is 0.478 e. The highest BCUT2D eigenvalue weighted by atomic mass is 16.5. The first-order valence-corrected chi connectivity index (χ1v) is 17.4.